The fraction of sp³-hybridized carbons (Fsp3) is 0.818. The van der Waals surface area contributed by atoms with E-state index in [-0.39, 0.29) is 49.7 Å². The van der Waals surface area contributed by atoms with Gasteiger partial charge in [0, 0.05) is 12.8 Å². The molecule has 320 valence electrons. The molecule has 2 aliphatic rings. The Hall–Kier alpha value is -3.12. The average molecular weight is 793 g/mol. The summed E-state index contributed by atoms with van der Waals surface area (Å²) in [6, 6.07) is 0. The van der Waals surface area contributed by atoms with Gasteiger partial charge in [-0.25, -0.2) is 9.78 Å². The molecule has 2 aliphatic heterocycles. The SMILES string of the molecule is CCCCC=CC(CCC(CCCCCCCC(=O)O)OOC(CCCCCCCC(=O)O)CCC(CCCCCC)C1CC(=O)OC1=O)C1CC(=O)OC1=O. The van der Waals surface area contributed by atoms with E-state index in [2.05, 4.69) is 26.0 Å². The van der Waals surface area contributed by atoms with Crippen LogP contribution in [-0.2, 0) is 48.0 Å². The van der Waals surface area contributed by atoms with Gasteiger partial charge in [-0.3, -0.25) is 28.8 Å². The first kappa shape index (κ1) is 49.0. The molecular weight excluding hydrogens is 720 g/mol. The highest BCUT2D eigenvalue weighted by atomic mass is 17.2. The van der Waals surface area contributed by atoms with Gasteiger partial charge in [0.15, 0.2) is 0 Å². The second-order valence-corrected chi connectivity index (χ2v) is 16.0. The Labute approximate surface area is 335 Å². The van der Waals surface area contributed by atoms with Crippen LogP contribution in [0.1, 0.15) is 194 Å². The molecule has 2 rings (SSSR count). The molecule has 0 saturated carbocycles. The largest absolute Gasteiger partial charge is 0.481 e. The molecule has 6 atom stereocenters. The minimum absolute atomic E-state index is 0.000944. The zero-order valence-electron chi connectivity index (χ0n) is 34.4. The van der Waals surface area contributed by atoms with Crippen LogP contribution in [-0.4, -0.2) is 58.2 Å². The zero-order chi connectivity index (χ0) is 41.0. The average Bonchev–Trinajstić information content (AvgIpc) is 3.68. The number of aliphatic carboxylic acids is 2. The van der Waals surface area contributed by atoms with Crippen molar-refractivity contribution in [3.8, 4) is 0 Å². The molecule has 0 spiro atoms. The standard InChI is InChI=1S/C44H72O12/c1-3-5-7-15-21-33(37-31-41(49)53-43(37)51)27-29-35(23-17-11-9-13-19-25-39(45)46)55-56-36(24-18-12-10-14-20-26-40(47)48)30-28-34(22-16-8-6-4-2)38-32-42(50)54-44(38)52/h15,21,33-38H,3-14,16-20,22-32H2,1-2H3,(H,45,46)(H,47,48). The first-order valence-electron chi connectivity index (χ1n) is 21.9. The van der Waals surface area contributed by atoms with Crippen LogP contribution in [0.15, 0.2) is 12.2 Å². The minimum atomic E-state index is -0.783. The maximum atomic E-state index is 12.7. The third kappa shape index (κ3) is 22.0. The number of allylic oxidation sites excluding steroid dienone is 2. The maximum absolute atomic E-state index is 12.7. The topological polar surface area (TPSA) is 180 Å². The number of rotatable bonds is 36. The predicted octanol–water partition coefficient (Wildman–Crippen LogP) is 9.99. The van der Waals surface area contributed by atoms with E-state index in [9.17, 15) is 28.8 Å². The van der Waals surface area contributed by atoms with Crippen LogP contribution >= 0.6 is 0 Å². The number of carboxylic acids is 2. The van der Waals surface area contributed by atoms with E-state index in [0.29, 0.717) is 44.9 Å². The van der Waals surface area contributed by atoms with Crippen LogP contribution in [0.4, 0.5) is 0 Å². The molecule has 6 unspecified atom stereocenters. The molecule has 2 N–H and O–H groups in total. The molecule has 2 saturated heterocycles. The number of hydrogen-bond acceptors (Lipinski definition) is 10. The van der Waals surface area contributed by atoms with Gasteiger partial charge in [0.2, 0.25) is 0 Å². The molecule has 0 aromatic rings. The monoisotopic (exact) mass is 793 g/mol. The Balaban J connectivity index is 2.16. The molecule has 56 heavy (non-hydrogen) atoms. The Morgan fingerprint density at radius 2 is 1.05 bits per heavy atom. The van der Waals surface area contributed by atoms with E-state index in [0.717, 1.165) is 109 Å². The normalized spacial score (nSPS) is 19.3. The van der Waals surface area contributed by atoms with Gasteiger partial charge >= 0.3 is 35.8 Å². The molecule has 12 nitrogen and oxygen atoms in total. The molecule has 12 heteroatoms. The second-order valence-electron chi connectivity index (χ2n) is 16.0. The number of carboxylic acid groups (broad SMARTS) is 2. The molecule has 2 fully saturated rings. The van der Waals surface area contributed by atoms with E-state index in [4.69, 9.17) is 29.5 Å². The van der Waals surface area contributed by atoms with Crippen molar-refractivity contribution < 1.29 is 58.2 Å². The van der Waals surface area contributed by atoms with Crippen molar-refractivity contribution >= 4 is 35.8 Å². The molecule has 0 aliphatic carbocycles. The number of hydrogen-bond donors (Lipinski definition) is 2. The third-order valence-electron chi connectivity index (χ3n) is 11.3. The number of esters is 4. The zero-order valence-corrected chi connectivity index (χ0v) is 34.4. The fourth-order valence-corrected chi connectivity index (χ4v) is 7.85. The van der Waals surface area contributed by atoms with Gasteiger partial charge in [-0.1, -0.05) is 116 Å². The van der Waals surface area contributed by atoms with E-state index in [1.54, 1.807) is 0 Å². The van der Waals surface area contributed by atoms with Gasteiger partial charge in [0.25, 0.3) is 0 Å². The quantitative estimate of drug-likeness (QED) is 0.0153. The van der Waals surface area contributed by atoms with Gasteiger partial charge in [0.05, 0.1) is 36.9 Å². The summed E-state index contributed by atoms with van der Waals surface area (Å²) in [6.07, 6.45) is 24.6. The molecular formula is C44H72O12. The van der Waals surface area contributed by atoms with Crippen molar-refractivity contribution in [2.45, 2.75) is 206 Å². The molecule has 0 radical (unpaired) electrons. The Morgan fingerprint density at radius 3 is 1.55 bits per heavy atom. The van der Waals surface area contributed by atoms with Gasteiger partial charge in [-0.05, 0) is 76.0 Å². The van der Waals surface area contributed by atoms with Gasteiger partial charge in [-0.2, -0.15) is 0 Å². The third-order valence-corrected chi connectivity index (χ3v) is 11.3. The molecule has 0 aromatic carbocycles. The van der Waals surface area contributed by atoms with Crippen molar-refractivity contribution in [3.63, 3.8) is 0 Å². The van der Waals surface area contributed by atoms with E-state index < -0.39 is 47.7 Å². The van der Waals surface area contributed by atoms with Gasteiger partial charge in [-0.15, -0.1) is 0 Å². The molecule has 0 amide bonds. The maximum Gasteiger partial charge on any atom is 0.317 e. The van der Waals surface area contributed by atoms with Crippen LogP contribution in [0, 0.1) is 23.7 Å². The van der Waals surface area contributed by atoms with Crippen molar-refractivity contribution in [2.24, 2.45) is 23.7 Å². The van der Waals surface area contributed by atoms with Crippen LogP contribution in [0.25, 0.3) is 0 Å². The molecule has 2 heterocycles. The first-order chi connectivity index (χ1) is 27.0. The lowest BCUT2D eigenvalue weighted by Crippen LogP contribution is -2.25. The molecule has 0 bridgehead atoms. The summed E-state index contributed by atoms with van der Waals surface area (Å²) in [5.74, 6) is -4.57. The Bertz CT molecular complexity index is 1200. The van der Waals surface area contributed by atoms with E-state index in [1.807, 2.05) is 0 Å². The second kappa shape index (κ2) is 30.0. The van der Waals surface area contributed by atoms with Crippen LogP contribution < -0.4 is 0 Å². The highest BCUT2D eigenvalue weighted by Gasteiger charge is 2.40. The van der Waals surface area contributed by atoms with Crippen LogP contribution in [0.2, 0.25) is 0 Å². The van der Waals surface area contributed by atoms with Crippen LogP contribution in [0.5, 0.6) is 0 Å². The van der Waals surface area contributed by atoms with E-state index >= 15 is 0 Å². The summed E-state index contributed by atoms with van der Waals surface area (Å²) < 4.78 is 9.88. The van der Waals surface area contributed by atoms with Crippen molar-refractivity contribution in [1.82, 2.24) is 0 Å². The van der Waals surface area contributed by atoms with Crippen LogP contribution in [0.3, 0.4) is 0 Å². The summed E-state index contributed by atoms with van der Waals surface area (Å²) in [7, 11) is 0. The number of carbonyl (C=O) groups is 6. The Kier molecular flexibility index (Phi) is 26.3. The lowest BCUT2D eigenvalue weighted by Gasteiger charge is -2.26. The van der Waals surface area contributed by atoms with Crippen molar-refractivity contribution in [3.05, 3.63) is 12.2 Å². The predicted molar refractivity (Wildman–Crippen MR) is 211 cm³/mol. The number of cyclic esters (lactones) is 4. The number of carbonyl (C=O) groups excluding carboxylic acids is 4. The minimum Gasteiger partial charge on any atom is -0.481 e. The first-order valence-corrected chi connectivity index (χ1v) is 21.9. The summed E-state index contributed by atoms with van der Waals surface area (Å²) in [6.45, 7) is 4.28. The fourth-order valence-electron chi connectivity index (χ4n) is 7.85. The summed E-state index contributed by atoms with van der Waals surface area (Å²) in [4.78, 5) is 83.9. The van der Waals surface area contributed by atoms with Crippen molar-refractivity contribution in [1.29, 1.82) is 0 Å². The Morgan fingerprint density at radius 1 is 0.589 bits per heavy atom. The summed E-state index contributed by atoms with van der Waals surface area (Å²) in [5.41, 5.74) is 0. The highest BCUT2D eigenvalue weighted by molar-refractivity contribution is 5.95. The lowest BCUT2D eigenvalue weighted by molar-refractivity contribution is -0.355. The molecule has 0 aromatic heterocycles. The summed E-state index contributed by atoms with van der Waals surface area (Å²) >= 11 is 0. The smallest absolute Gasteiger partial charge is 0.317 e. The summed E-state index contributed by atoms with van der Waals surface area (Å²) in [5, 5.41) is 18.0. The van der Waals surface area contributed by atoms with E-state index in [1.165, 1.54) is 0 Å². The lowest BCUT2D eigenvalue weighted by atomic mass is 9.82. The van der Waals surface area contributed by atoms with Gasteiger partial charge in [0.1, 0.15) is 0 Å². The van der Waals surface area contributed by atoms with Crippen molar-refractivity contribution in [2.75, 3.05) is 0 Å². The number of unbranched alkanes of at least 4 members (excludes halogenated alkanes) is 13. The van der Waals surface area contributed by atoms with Gasteiger partial charge < -0.3 is 19.7 Å². The highest BCUT2D eigenvalue weighted by Crippen LogP contribution is 2.34. The number of ether oxygens (including phenoxy) is 2.